The number of benzene rings is 3. The van der Waals surface area contributed by atoms with E-state index in [2.05, 4.69) is 0 Å². The van der Waals surface area contributed by atoms with Crippen molar-refractivity contribution in [3.8, 4) is 17.0 Å². The molecule has 0 bridgehead atoms. The molecule has 1 heterocycles. The standard InChI is InChI=1S/C28H25NO4/c1-17-8-10-21(11-9-17)27(30)19(3)33-28(31)24-16-25(20-12-14-22(32-4)15-13-20)29-26-18(2)6-5-7-23(24)26/h5-16,19H,1-4H3. The molecule has 3 aromatic carbocycles. The fraction of sp³-hybridized carbons (Fsp3) is 0.179. The first-order chi connectivity index (χ1) is 15.9. The molecule has 0 saturated carbocycles. The quantitative estimate of drug-likeness (QED) is 0.274. The van der Waals surface area contributed by atoms with E-state index >= 15 is 0 Å². The number of esters is 1. The van der Waals surface area contributed by atoms with Crippen LogP contribution in [0.15, 0.2) is 72.8 Å². The van der Waals surface area contributed by atoms with Gasteiger partial charge in [0.05, 0.1) is 23.9 Å². The summed E-state index contributed by atoms with van der Waals surface area (Å²) in [6.45, 7) is 5.50. The normalized spacial score (nSPS) is 11.8. The minimum atomic E-state index is -0.919. The Morgan fingerprint density at radius 3 is 2.27 bits per heavy atom. The summed E-state index contributed by atoms with van der Waals surface area (Å²) in [4.78, 5) is 30.8. The third kappa shape index (κ3) is 4.62. The molecule has 0 aliphatic rings. The molecule has 0 aliphatic carbocycles. The van der Waals surface area contributed by atoms with Crippen LogP contribution in [0, 0.1) is 13.8 Å². The van der Waals surface area contributed by atoms with Gasteiger partial charge in [-0.3, -0.25) is 4.79 Å². The van der Waals surface area contributed by atoms with Crippen molar-refractivity contribution < 1.29 is 19.1 Å². The van der Waals surface area contributed by atoms with Gasteiger partial charge >= 0.3 is 5.97 Å². The number of methoxy groups -OCH3 is 1. The van der Waals surface area contributed by atoms with Crippen molar-refractivity contribution >= 4 is 22.7 Å². The van der Waals surface area contributed by atoms with Gasteiger partial charge in [-0.15, -0.1) is 0 Å². The van der Waals surface area contributed by atoms with E-state index in [0.717, 1.165) is 28.0 Å². The van der Waals surface area contributed by atoms with Gasteiger partial charge in [-0.2, -0.15) is 0 Å². The molecule has 33 heavy (non-hydrogen) atoms. The molecule has 0 amide bonds. The van der Waals surface area contributed by atoms with Gasteiger partial charge in [0.25, 0.3) is 0 Å². The van der Waals surface area contributed by atoms with Crippen LogP contribution < -0.4 is 4.74 Å². The maximum atomic E-state index is 13.2. The van der Waals surface area contributed by atoms with Crippen LogP contribution in [0.3, 0.4) is 0 Å². The van der Waals surface area contributed by atoms with Crippen LogP contribution in [0.2, 0.25) is 0 Å². The Labute approximate surface area is 193 Å². The molecule has 4 aromatic rings. The third-order valence-corrected chi connectivity index (χ3v) is 5.64. The second-order valence-electron chi connectivity index (χ2n) is 8.03. The molecule has 166 valence electrons. The lowest BCUT2D eigenvalue weighted by atomic mass is 10.0. The molecule has 0 spiro atoms. The van der Waals surface area contributed by atoms with Crippen molar-refractivity contribution in [2.75, 3.05) is 7.11 Å². The zero-order valence-electron chi connectivity index (χ0n) is 19.1. The van der Waals surface area contributed by atoms with Crippen LogP contribution >= 0.6 is 0 Å². The van der Waals surface area contributed by atoms with Crippen LogP contribution in [0.1, 0.15) is 38.8 Å². The first-order valence-corrected chi connectivity index (χ1v) is 10.7. The van der Waals surface area contributed by atoms with E-state index in [9.17, 15) is 9.59 Å². The number of ether oxygens (including phenoxy) is 2. The smallest absolute Gasteiger partial charge is 0.339 e. The van der Waals surface area contributed by atoms with Gasteiger partial charge < -0.3 is 9.47 Å². The number of aryl methyl sites for hydroxylation is 2. The first kappa shape index (κ1) is 22.2. The lowest BCUT2D eigenvalue weighted by molar-refractivity contribution is 0.0320. The molecular weight excluding hydrogens is 414 g/mol. The predicted octanol–water partition coefficient (Wildman–Crippen LogP) is 5.96. The highest BCUT2D eigenvalue weighted by Gasteiger charge is 2.23. The summed E-state index contributed by atoms with van der Waals surface area (Å²) in [5.41, 5.74) is 5.09. The van der Waals surface area contributed by atoms with Gasteiger partial charge in [-0.25, -0.2) is 9.78 Å². The lowest BCUT2D eigenvalue weighted by Gasteiger charge is -2.15. The average molecular weight is 440 g/mol. The van der Waals surface area contributed by atoms with E-state index in [-0.39, 0.29) is 5.78 Å². The lowest BCUT2D eigenvalue weighted by Crippen LogP contribution is -2.24. The molecule has 0 saturated heterocycles. The molecule has 1 aromatic heterocycles. The maximum Gasteiger partial charge on any atom is 0.339 e. The van der Waals surface area contributed by atoms with Gasteiger partial charge in [0, 0.05) is 16.5 Å². The Hall–Kier alpha value is -3.99. The number of Topliss-reactive ketones (excluding diaryl/α,β-unsaturated/α-hetero) is 1. The van der Waals surface area contributed by atoms with Crippen LogP contribution in [0.5, 0.6) is 5.75 Å². The SMILES string of the molecule is COc1ccc(-c2cc(C(=O)OC(C)C(=O)c3ccc(C)cc3)c3cccc(C)c3n2)cc1. The summed E-state index contributed by atoms with van der Waals surface area (Å²) in [5, 5.41) is 0.687. The second kappa shape index (κ2) is 9.25. The van der Waals surface area contributed by atoms with E-state index in [0.29, 0.717) is 22.2 Å². The zero-order valence-corrected chi connectivity index (χ0v) is 19.1. The van der Waals surface area contributed by atoms with E-state index < -0.39 is 12.1 Å². The zero-order chi connectivity index (χ0) is 23.5. The number of hydrogen-bond acceptors (Lipinski definition) is 5. The highest BCUT2D eigenvalue weighted by atomic mass is 16.5. The average Bonchev–Trinajstić information content (AvgIpc) is 2.83. The van der Waals surface area contributed by atoms with Crippen molar-refractivity contribution in [2.24, 2.45) is 0 Å². The molecule has 0 fully saturated rings. The van der Waals surface area contributed by atoms with Crippen molar-refractivity contribution in [3.63, 3.8) is 0 Å². The van der Waals surface area contributed by atoms with Crippen molar-refractivity contribution in [2.45, 2.75) is 26.9 Å². The number of fused-ring (bicyclic) bond motifs is 1. The topological polar surface area (TPSA) is 65.5 Å². The van der Waals surface area contributed by atoms with Crippen molar-refractivity contribution in [3.05, 3.63) is 95.1 Å². The summed E-state index contributed by atoms with van der Waals surface area (Å²) < 4.78 is 10.9. The molecular formula is C28H25NO4. The van der Waals surface area contributed by atoms with E-state index in [4.69, 9.17) is 14.5 Å². The van der Waals surface area contributed by atoms with Gasteiger partial charge in [0.2, 0.25) is 5.78 Å². The summed E-state index contributed by atoms with van der Waals surface area (Å²) in [5.74, 6) is -0.0669. The van der Waals surface area contributed by atoms with Gasteiger partial charge in [0.1, 0.15) is 5.75 Å². The number of carbonyl (C=O) groups is 2. The van der Waals surface area contributed by atoms with E-state index in [1.165, 1.54) is 0 Å². The molecule has 1 atom stereocenters. The third-order valence-electron chi connectivity index (χ3n) is 5.64. The number of nitrogens with zero attached hydrogens (tertiary/aromatic N) is 1. The number of ketones is 1. The van der Waals surface area contributed by atoms with Gasteiger partial charge in [0.15, 0.2) is 6.10 Å². The molecule has 4 rings (SSSR count). The summed E-state index contributed by atoms with van der Waals surface area (Å²) in [7, 11) is 1.61. The Bertz CT molecular complexity index is 1320. The minimum absolute atomic E-state index is 0.242. The first-order valence-electron chi connectivity index (χ1n) is 10.7. The van der Waals surface area contributed by atoms with Crippen LogP contribution in [0.4, 0.5) is 0 Å². The molecule has 0 N–H and O–H groups in total. The molecule has 0 aliphatic heterocycles. The number of hydrogen-bond donors (Lipinski definition) is 0. The minimum Gasteiger partial charge on any atom is -0.497 e. The largest absolute Gasteiger partial charge is 0.497 e. The highest BCUT2D eigenvalue weighted by Crippen LogP contribution is 2.28. The number of para-hydroxylation sites is 1. The Kier molecular flexibility index (Phi) is 6.22. The Morgan fingerprint density at radius 2 is 1.61 bits per heavy atom. The van der Waals surface area contributed by atoms with Crippen molar-refractivity contribution in [1.82, 2.24) is 4.98 Å². The molecule has 5 heteroatoms. The number of rotatable bonds is 6. The van der Waals surface area contributed by atoms with Crippen molar-refractivity contribution in [1.29, 1.82) is 0 Å². The van der Waals surface area contributed by atoms with E-state index in [1.54, 1.807) is 32.2 Å². The number of pyridine rings is 1. The van der Waals surface area contributed by atoms with Crippen LogP contribution in [-0.4, -0.2) is 30.0 Å². The molecule has 5 nitrogen and oxygen atoms in total. The van der Waals surface area contributed by atoms with Gasteiger partial charge in [-0.1, -0.05) is 48.0 Å². The van der Waals surface area contributed by atoms with Crippen LogP contribution in [0.25, 0.3) is 22.2 Å². The number of aromatic nitrogens is 1. The van der Waals surface area contributed by atoms with Gasteiger partial charge in [-0.05, 0) is 56.7 Å². The fourth-order valence-corrected chi connectivity index (χ4v) is 3.70. The van der Waals surface area contributed by atoms with E-state index in [1.807, 2.05) is 68.4 Å². The highest BCUT2D eigenvalue weighted by molar-refractivity contribution is 6.07. The number of carbonyl (C=O) groups excluding carboxylic acids is 2. The Morgan fingerprint density at radius 1 is 0.909 bits per heavy atom. The maximum absolute atomic E-state index is 13.2. The predicted molar refractivity (Wildman–Crippen MR) is 129 cm³/mol. The fourth-order valence-electron chi connectivity index (χ4n) is 3.70. The van der Waals surface area contributed by atoms with Crippen LogP contribution in [-0.2, 0) is 4.74 Å². The summed E-state index contributed by atoms with van der Waals surface area (Å²) in [6, 6.07) is 22.1. The second-order valence-corrected chi connectivity index (χ2v) is 8.03. The Balaban J connectivity index is 1.70. The molecule has 1 unspecified atom stereocenters. The summed E-state index contributed by atoms with van der Waals surface area (Å²) in [6.07, 6.45) is -0.919. The molecule has 0 radical (unpaired) electrons. The monoisotopic (exact) mass is 439 g/mol. The summed E-state index contributed by atoms with van der Waals surface area (Å²) >= 11 is 0.